The SMILES string of the molecule is CCCCCCCCC=CCCCCCCCCCCCC(=O)OC(=O)CCCCCCCCCCCCCCCCC. The number of carbonyl (C=O) groups is 2. The van der Waals surface area contributed by atoms with Crippen LogP contribution in [0.1, 0.15) is 232 Å². The summed E-state index contributed by atoms with van der Waals surface area (Å²) in [6.07, 6.45) is 47.0. The van der Waals surface area contributed by atoms with Crippen LogP contribution in [0.2, 0.25) is 0 Å². The second-order valence-electron chi connectivity index (χ2n) is 13.3. The molecule has 0 aromatic heterocycles. The third-order valence-electron chi connectivity index (χ3n) is 8.85. The lowest BCUT2D eigenvalue weighted by atomic mass is 10.0. The molecule has 0 aliphatic rings. The van der Waals surface area contributed by atoms with Gasteiger partial charge in [0.25, 0.3) is 0 Å². The third-order valence-corrected chi connectivity index (χ3v) is 8.85. The van der Waals surface area contributed by atoms with Gasteiger partial charge in [0.15, 0.2) is 0 Å². The molecule has 0 aromatic rings. The Hall–Kier alpha value is -1.12. The van der Waals surface area contributed by atoms with E-state index in [2.05, 4.69) is 26.0 Å². The highest BCUT2D eigenvalue weighted by molar-refractivity contribution is 5.85. The summed E-state index contributed by atoms with van der Waals surface area (Å²) in [5, 5.41) is 0. The number of hydrogen-bond acceptors (Lipinski definition) is 3. The van der Waals surface area contributed by atoms with E-state index in [1.54, 1.807) is 0 Å². The monoisotopic (exact) mass is 605 g/mol. The van der Waals surface area contributed by atoms with Crippen LogP contribution in [0.25, 0.3) is 0 Å². The van der Waals surface area contributed by atoms with Gasteiger partial charge < -0.3 is 4.74 Å². The van der Waals surface area contributed by atoms with Gasteiger partial charge in [-0.1, -0.05) is 193 Å². The van der Waals surface area contributed by atoms with Gasteiger partial charge in [0.05, 0.1) is 0 Å². The predicted octanol–water partition coefficient (Wildman–Crippen LogP) is 13.9. The van der Waals surface area contributed by atoms with Crippen LogP contribution in [-0.2, 0) is 14.3 Å². The first-order valence-electron chi connectivity index (χ1n) is 19.6. The fraction of sp³-hybridized carbons (Fsp3) is 0.900. The molecule has 0 saturated heterocycles. The number of allylic oxidation sites excluding steroid dienone is 2. The number of unbranched alkanes of at least 4 members (excludes halogenated alkanes) is 29. The Balaban J connectivity index is 3.30. The van der Waals surface area contributed by atoms with Crippen LogP contribution < -0.4 is 0 Å². The van der Waals surface area contributed by atoms with E-state index in [1.807, 2.05) is 0 Å². The van der Waals surface area contributed by atoms with E-state index in [4.69, 9.17) is 4.74 Å². The molecule has 0 bridgehead atoms. The van der Waals surface area contributed by atoms with Crippen LogP contribution in [0.3, 0.4) is 0 Å². The zero-order valence-corrected chi connectivity index (χ0v) is 29.4. The minimum atomic E-state index is -0.327. The van der Waals surface area contributed by atoms with Gasteiger partial charge in [-0.05, 0) is 38.5 Å². The van der Waals surface area contributed by atoms with Gasteiger partial charge in [-0.2, -0.15) is 0 Å². The Morgan fingerprint density at radius 2 is 0.581 bits per heavy atom. The van der Waals surface area contributed by atoms with E-state index in [0.717, 1.165) is 25.7 Å². The van der Waals surface area contributed by atoms with Crippen LogP contribution in [0.5, 0.6) is 0 Å². The van der Waals surface area contributed by atoms with Crippen LogP contribution >= 0.6 is 0 Å². The van der Waals surface area contributed by atoms with Gasteiger partial charge in [0.2, 0.25) is 0 Å². The van der Waals surface area contributed by atoms with Gasteiger partial charge in [-0.15, -0.1) is 0 Å². The Kier molecular flexibility index (Phi) is 36.1. The maximum absolute atomic E-state index is 11.9. The van der Waals surface area contributed by atoms with Gasteiger partial charge >= 0.3 is 11.9 Å². The molecule has 43 heavy (non-hydrogen) atoms. The zero-order valence-electron chi connectivity index (χ0n) is 29.4. The maximum atomic E-state index is 11.9. The van der Waals surface area contributed by atoms with Crippen molar-refractivity contribution < 1.29 is 14.3 Å². The summed E-state index contributed by atoms with van der Waals surface area (Å²) in [4.78, 5) is 23.9. The molecule has 3 nitrogen and oxygen atoms in total. The van der Waals surface area contributed by atoms with Gasteiger partial charge in [-0.25, -0.2) is 0 Å². The second kappa shape index (κ2) is 37.1. The Morgan fingerprint density at radius 1 is 0.349 bits per heavy atom. The van der Waals surface area contributed by atoms with Crippen LogP contribution in [0.4, 0.5) is 0 Å². The minimum absolute atomic E-state index is 0.326. The van der Waals surface area contributed by atoms with Gasteiger partial charge in [0, 0.05) is 12.8 Å². The summed E-state index contributed by atoms with van der Waals surface area (Å²) in [6, 6.07) is 0. The standard InChI is InChI=1S/C40H76O3/c1-3-5-7-9-11-13-15-17-19-20-21-22-24-26-28-30-32-34-36-38-40(42)43-39(41)37-35-33-31-29-27-25-23-18-16-14-12-10-8-6-4-2/h17,19H,3-16,18,20-38H2,1-2H3. The molecule has 0 aliphatic carbocycles. The quantitative estimate of drug-likeness (QED) is 0.0313. The maximum Gasteiger partial charge on any atom is 0.313 e. The highest BCUT2D eigenvalue weighted by atomic mass is 16.6. The average molecular weight is 605 g/mol. The van der Waals surface area contributed by atoms with Crippen LogP contribution in [0.15, 0.2) is 12.2 Å². The molecule has 0 aliphatic heterocycles. The van der Waals surface area contributed by atoms with E-state index in [-0.39, 0.29) is 11.9 Å². The van der Waals surface area contributed by atoms with Crippen molar-refractivity contribution in [3.63, 3.8) is 0 Å². The van der Waals surface area contributed by atoms with Crippen molar-refractivity contribution in [2.45, 2.75) is 232 Å². The zero-order chi connectivity index (χ0) is 31.3. The smallest absolute Gasteiger partial charge is 0.313 e. The second-order valence-corrected chi connectivity index (χ2v) is 13.3. The number of ether oxygens (including phenoxy) is 1. The molecule has 0 atom stereocenters. The molecule has 0 unspecified atom stereocenters. The molecule has 0 N–H and O–H groups in total. The first-order valence-corrected chi connectivity index (χ1v) is 19.6. The van der Waals surface area contributed by atoms with Crippen LogP contribution in [-0.4, -0.2) is 11.9 Å². The third kappa shape index (κ3) is 37.0. The molecule has 0 fully saturated rings. The van der Waals surface area contributed by atoms with Crippen molar-refractivity contribution in [2.24, 2.45) is 0 Å². The first-order chi connectivity index (χ1) is 21.2. The molecule has 0 radical (unpaired) electrons. The summed E-state index contributed by atoms with van der Waals surface area (Å²) in [6.45, 7) is 4.55. The number of rotatable bonds is 35. The summed E-state index contributed by atoms with van der Waals surface area (Å²) < 4.78 is 5.02. The molecule has 0 amide bonds. The van der Waals surface area contributed by atoms with Crippen molar-refractivity contribution in [2.75, 3.05) is 0 Å². The lowest BCUT2D eigenvalue weighted by molar-refractivity contribution is -0.159. The average Bonchev–Trinajstić information content (AvgIpc) is 3.00. The Bertz CT molecular complexity index is 597. The first kappa shape index (κ1) is 41.9. The normalized spacial score (nSPS) is 11.5. The molecular weight excluding hydrogens is 528 g/mol. The van der Waals surface area contributed by atoms with Crippen molar-refractivity contribution in [1.29, 1.82) is 0 Å². The topological polar surface area (TPSA) is 43.4 Å². The lowest BCUT2D eigenvalue weighted by Gasteiger charge is -2.05. The molecule has 0 saturated carbocycles. The Morgan fingerprint density at radius 3 is 0.860 bits per heavy atom. The van der Waals surface area contributed by atoms with Crippen molar-refractivity contribution in [1.82, 2.24) is 0 Å². The fourth-order valence-electron chi connectivity index (χ4n) is 5.92. The van der Waals surface area contributed by atoms with E-state index < -0.39 is 0 Å². The van der Waals surface area contributed by atoms with Crippen LogP contribution in [0, 0.1) is 0 Å². The predicted molar refractivity (Wildman–Crippen MR) is 189 cm³/mol. The van der Waals surface area contributed by atoms with E-state index in [0.29, 0.717) is 12.8 Å². The van der Waals surface area contributed by atoms with Gasteiger partial charge in [0.1, 0.15) is 0 Å². The summed E-state index contributed by atoms with van der Waals surface area (Å²) >= 11 is 0. The molecule has 254 valence electrons. The highest BCUT2D eigenvalue weighted by Crippen LogP contribution is 2.15. The molecular formula is C40H76O3. The van der Waals surface area contributed by atoms with Crippen molar-refractivity contribution >= 4 is 11.9 Å². The molecule has 0 rings (SSSR count). The van der Waals surface area contributed by atoms with Gasteiger partial charge in [-0.3, -0.25) is 9.59 Å². The molecule has 0 heterocycles. The molecule has 3 heteroatoms. The summed E-state index contributed by atoms with van der Waals surface area (Å²) in [5.41, 5.74) is 0. The molecule has 0 spiro atoms. The van der Waals surface area contributed by atoms with Crippen molar-refractivity contribution in [3.05, 3.63) is 12.2 Å². The number of hydrogen-bond donors (Lipinski definition) is 0. The summed E-state index contributed by atoms with van der Waals surface area (Å²) in [7, 11) is 0. The lowest BCUT2D eigenvalue weighted by Crippen LogP contribution is -2.11. The largest absolute Gasteiger partial charge is 0.393 e. The molecule has 0 aromatic carbocycles. The van der Waals surface area contributed by atoms with Crippen molar-refractivity contribution in [3.8, 4) is 0 Å². The number of esters is 2. The Labute approximate surface area is 270 Å². The fourth-order valence-corrected chi connectivity index (χ4v) is 5.92. The number of carbonyl (C=O) groups excluding carboxylic acids is 2. The van der Waals surface area contributed by atoms with E-state index in [1.165, 1.54) is 180 Å². The van der Waals surface area contributed by atoms with E-state index >= 15 is 0 Å². The minimum Gasteiger partial charge on any atom is -0.393 e. The summed E-state index contributed by atoms with van der Waals surface area (Å²) in [5.74, 6) is -0.653. The van der Waals surface area contributed by atoms with E-state index in [9.17, 15) is 9.59 Å². The highest BCUT2D eigenvalue weighted by Gasteiger charge is 2.10.